The number of nitrogens with one attached hydrogen (secondary N) is 1. The molecule has 31 heavy (non-hydrogen) atoms. The van der Waals surface area contributed by atoms with E-state index in [9.17, 15) is 9.59 Å². The Balaban J connectivity index is 1.33. The fourth-order valence-corrected chi connectivity index (χ4v) is 5.85. The molecule has 6 nitrogen and oxygen atoms in total. The van der Waals surface area contributed by atoms with Crippen LogP contribution in [0.1, 0.15) is 68.6 Å². The Bertz CT molecular complexity index is 739. The van der Waals surface area contributed by atoms with E-state index in [1.54, 1.807) is 24.5 Å². The zero-order valence-corrected chi connectivity index (χ0v) is 19.0. The van der Waals surface area contributed by atoms with E-state index in [0.29, 0.717) is 18.7 Å². The van der Waals surface area contributed by atoms with E-state index < -0.39 is 0 Å². The second-order valence-electron chi connectivity index (χ2n) is 10.1. The number of piperidine rings is 1. The minimum Gasteiger partial charge on any atom is -0.356 e. The summed E-state index contributed by atoms with van der Waals surface area (Å²) in [5, 5.41) is 3.23. The van der Waals surface area contributed by atoms with Gasteiger partial charge in [-0.3, -0.25) is 14.6 Å². The zero-order chi connectivity index (χ0) is 21.7. The first kappa shape index (κ1) is 22.3. The van der Waals surface area contributed by atoms with Crippen molar-refractivity contribution in [3.63, 3.8) is 0 Å². The van der Waals surface area contributed by atoms with Crippen LogP contribution in [0.2, 0.25) is 0 Å². The second kappa shape index (κ2) is 10.1. The van der Waals surface area contributed by atoms with E-state index in [1.165, 1.54) is 32.4 Å². The maximum Gasteiger partial charge on any atom is 0.254 e. The molecule has 0 bridgehead atoms. The molecule has 1 aromatic rings. The third-order valence-electron chi connectivity index (χ3n) is 7.85. The van der Waals surface area contributed by atoms with Gasteiger partial charge in [0, 0.05) is 43.0 Å². The number of hydrogen-bond acceptors (Lipinski definition) is 4. The van der Waals surface area contributed by atoms with Gasteiger partial charge in [-0.25, -0.2) is 0 Å². The molecule has 1 N–H and O–H groups in total. The zero-order valence-electron chi connectivity index (χ0n) is 19.0. The van der Waals surface area contributed by atoms with Crippen molar-refractivity contribution in [3.05, 3.63) is 30.1 Å². The molecule has 1 unspecified atom stereocenters. The fourth-order valence-electron chi connectivity index (χ4n) is 5.85. The topological polar surface area (TPSA) is 65.5 Å². The molecule has 0 aromatic carbocycles. The van der Waals surface area contributed by atoms with Crippen LogP contribution in [0.25, 0.3) is 0 Å². The molecule has 0 radical (unpaired) electrons. The minimum atomic E-state index is -0.0885. The molecule has 2 saturated heterocycles. The van der Waals surface area contributed by atoms with E-state index in [0.717, 1.165) is 51.1 Å². The number of hydrogen-bond donors (Lipinski definition) is 1. The number of carbonyl (C=O) groups excluding carboxylic acids is 2. The summed E-state index contributed by atoms with van der Waals surface area (Å²) in [6.07, 6.45) is 12.6. The molecule has 3 heterocycles. The van der Waals surface area contributed by atoms with Gasteiger partial charge in [0.1, 0.15) is 0 Å². The highest BCUT2D eigenvalue weighted by atomic mass is 16.2. The van der Waals surface area contributed by atoms with Crippen LogP contribution >= 0.6 is 0 Å². The highest BCUT2D eigenvalue weighted by Crippen LogP contribution is 2.48. The summed E-state index contributed by atoms with van der Waals surface area (Å²) in [5.74, 6) is 0.943. The molecule has 2 amide bonds. The number of aromatic nitrogens is 1. The lowest BCUT2D eigenvalue weighted by atomic mass is 9.67. The third-order valence-corrected chi connectivity index (χ3v) is 7.85. The Hall–Kier alpha value is -1.95. The Morgan fingerprint density at radius 1 is 1.13 bits per heavy atom. The van der Waals surface area contributed by atoms with Gasteiger partial charge in [0.15, 0.2) is 0 Å². The smallest absolute Gasteiger partial charge is 0.254 e. The predicted octanol–water partition coefficient (Wildman–Crippen LogP) is 3.34. The molecule has 3 fully saturated rings. The van der Waals surface area contributed by atoms with Crippen molar-refractivity contribution in [2.45, 2.75) is 58.3 Å². The molecule has 1 atom stereocenters. The number of amides is 2. The van der Waals surface area contributed by atoms with Gasteiger partial charge in [-0.1, -0.05) is 26.2 Å². The molecule has 1 saturated carbocycles. The van der Waals surface area contributed by atoms with E-state index in [1.807, 2.05) is 4.90 Å². The van der Waals surface area contributed by atoms with Gasteiger partial charge in [-0.2, -0.15) is 0 Å². The monoisotopic (exact) mass is 426 g/mol. The predicted molar refractivity (Wildman–Crippen MR) is 122 cm³/mol. The first-order valence-corrected chi connectivity index (χ1v) is 12.3. The van der Waals surface area contributed by atoms with Crippen LogP contribution < -0.4 is 5.32 Å². The summed E-state index contributed by atoms with van der Waals surface area (Å²) in [5.41, 5.74) is 0.617. The van der Waals surface area contributed by atoms with Gasteiger partial charge in [-0.15, -0.1) is 0 Å². The molecule has 2 aliphatic heterocycles. The van der Waals surface area contributed by atoms with Gasteiger partial charge in [0.25, 0.3) is 5.91 Å². The number of pyridine rings is 1. The van der Waals surface area contributed by atoms with Crippen molar-refractivity contribution in [3.8, 4) is 0 Å². The fraction of sp³-hybridized carbons (Fsp3) is 0.720. The standard InChI is InChI=1S/C25H38N4O2/c1-20-8-16-28(17-9-20)15-5-12-27-23(30)22-18-29(19-25(22)10-3-2-4-11-25)24(31)21-6-13-26-14-7-21/h6-7,13-14,20,22H,2-5,8-12,15-19H2,1H3,(H,27,30). The molecule has 1 spiro atoms. The summed E-state index contributed by atoms with van der Waals surface area (Å²) in [6, 6.07) is 3.54. The minimum absolute atomic E-state index is 0.0296. The third kappa shape index (κ3) is 5.28. The van der Waals surface area contributed by atoms with Crippen molar-refractivity contribution in [2.75, 3.05) is 39.3 Å². The molecular weight excluding hydrogens is 388 g/mol. The molecule has 3 aliphatic rings. The Morgan fingerprint density at radius 3 is 2.55 bits per heavy atom. The lowest BCUT2D eigenvalue weighted by Gasteiger charge is -2.37. The van der Waals surface area contributed by atoms with Crippen molar-refractivity contribution in [2.24, 2.45) is 17.3 Å². The second-order valence-corrected chi connectivity index (χ2v) is 10.1. The van der Waals surface area contributed by atoms with E-state index >= 15 is 0 Å². The summed E-state index contributed by atoms with van der Waals surface area (Å²) in [6.45, 7) is 7.75. The average molecular weight is 427 g/mol. The van der Waals surface area contributed by atoms with E-state index in [2.05, 4.69) is 22.1 Å². The van der Waals surface area contributed by atoms with Crippen LogP contribution in [0.4, 0.5) is 0 Å². The first-order valence-electron chi connectivity index (χ1n) is 12.3. The van der Waals surface area contributed by atoms with Gasteiger partial charge in [0.2, 0.25) is 5.91 Å². The van der Waals surface area contributed by atoms with Gasteiger partial charge >= 0.3 is 0 Å². The van der Waals surface area contributed by atoms with Crippen LogP contribution in [0.3, 0.4) is 0 Å². The lowest BCUT2D eigenvalue weighted by Crippen LogP contribution is -2.43. The van der Waals surface area contributed by atoms with Crippen molar-refractivity contribution in [1.82, 2.24) is 20.1 Å². The maximum absolute atomic E-state index is 13.2. The average Bonchev–Trinajstić information content (AvgIpc) is 3.17. The van der Waals surface area contributed by atoms with E-state index in [4.69, 9.17) is 0 Å². The van der Waals surface area contributed by atoms with Crippen LogP contribution in [-0.4, -0.2) is 65.9 Å². The highest BCUT2D eigenvalue weighted by molar-refractivity contribution is 5.95. The summed E-state index contributed by atoms with van der Waals surface area (Å²) in [7, 11) is 0. The number of rotatable bonds is 6. The largest absolute Gasteiger partial charge is 0.356 e. The summed E-state index contributed by atoms with van der Waals surface area (Å²) >= 11 is 0. The Kier molecular flexibility index (Phi) is 7.26. The van der Waals surface area contributed by atoms with Gasteiger partial charge in [0.05, 0.1) is 5.92 Å². The van der Waals surface area contributed by atoms with Gasteiger partial charge in [-0.05, 0) is 69.8 Å². The number of nitrogens with zero attached hydrogens (tertiary/aromatic N) is 3. The first-order chi connectivity index (χ1) is 15.1. The van der Waals surface area contributed by atoms with E-state index in [-0.39, 0.29) is 23.1 Å². The molecule has 4 rings (SSSR count). The maximum atomic E-state index is 13.2. The number of carbonyl (C=O) groups is 2. The number of likely N-dealkylation sites (tertiary alicyclic amines) is 2. The normalized spacial score (nSPS) is 24.4. The van der Waals surface area contributed by atoms with Crippen molar-refractivity contribution < 1.29 is 9.59 Å². The Labute approximate surface area is 186 Å². The lowest BCUT2D eigenvalue weighted by molar-refractivity contribution is -0.128. The van der Waals surface area contributed by atoms with Crippen LogP contribution in [0.5, 0.6) is 0 Å². The van der Waals surface area contributed by atoms with Gasteiger partial charge < -0.3 is 15.1 Å². The Morgan fingerprint density at radius 2 is 1.84 bits per heavy atom. The van der Waals surface area contributed by atoms with Crippen LogP contribution in [0.15, 0.2) is 24.5 Å². The highest BCUT2D eigenvalue weighted by Gasteiger charge is 2.51. The molecular formula is C25H38N4O2. The molecule has 1 aliphatic carbocycles. The van der Waals surface area contributed by atoms with Crippen LogP contribution in [-0.2, 0) is 4.79 Å². The summed E-state index contributed by atoms with van der Waals surface area (Å²) in [4.78, 5) is 34.8. The molecule has 1 aromatic heterocycles. The van der Waals surface area contributed by atoms with Crippen molar-refractivity contribution >= 4 is 11.8 Å². The molecule has 6 heteroatoms. The molecule has 170 valence electrons. The van der Waals surface area contributed by atoms with Crippen LogP contribution in [0, 0.1) is 17.3 Å². The summed E-state index contributed by atoms with van der Waals surface area (Å²) < 4.78 is 0. The SMILES string of the molecule is CC1CCN(CCCNC(=O)C2CN(C(=O)c3ccncc3)CC23CCCCC3)CC1. The quantitative estimate of drug-likeness (QED) is 0.709. The van der Waals surface area contributed by atoms with Crippen molar-refractivity contribution in [1.29, 1.82) is 0 Å².